The predicted molar refractivity (Wildman–Crippen MR) is 114 cm³/mol. The SMILES string of the molecule is Nc1c(C(=O)[C@H]2CCCN2C(=O)CCCc2ccccn2)cnn1-c1ccc(F)cc1. The number of nitrogen functional groups attached to an aromatic ring is 1. The highest BCUT2D eigenvalue weighted by Crippen LogP contribution is 2.26. The van der Waals surface area contributed by atoms with E-state index in [9.17, 15) is 14.0 Å². The van der Waals surface area contributed by atoms with Gasteiger partial charge in [0.25, 0.3) is 0 Å². The number of nitrogens with zero attached hydrogens (tertiary/aromatic N) is 4. The van der Waals surface area contributed by atoms with Crippen molar-refractivity contribution >= 4 is 17.5 Å². The number of pyridine rings is 1. The Morgan fingerprint density at radius 1 is 1.16 bits per heavy atom. The van der Waals surface area contributed by atoms with Gasteiger partial charge in [-0.15, -0.1) is 0 Å². The first kappa shape index (κ1) is 20.7. The molecule has 2 aromatic heterocycles. The van der Waals surface area contributed by atoms with Crippen molar-refractivity contribution in [1.29, 1.82) is 0 Å². The molecule has 1 aromatic carbocycles. The average molecular weight is 421 g/mol. The number of benzene rings is 1. The number of aryl methyl sites for hydroxylation is 1. The van der Waals surface area contributed by atoms with E-state index in [0.29, 0.717) is 31.5 Å². The largest absolute Gasteiger partial charge is 0.383 e. The van der Waals surface area contributed by atoms with Gasteiger partial charge in [0, 0.05) is 24.9 Å². The van der Waals surface area contributed by atoms with Crippen LogP contribution in [0.2, 0.25) is 0 Å². The van der Waals surface area contributed by atoms with Crippen LogP contribution in [-0.2, 0) is 11.2 Å². The molecule has 1 fully saturated rings. The average Bonchev–Trinajstić information content (AvgIpc) is 3.42. The summed E-state index contributed by atoms with van der Waals surface area (Å²) in [6, 6.07) is 10.9. The molecular formula is C23H24FN5O2. The molecule has 3 aromatic rings. The van der Waals surface area contributed by atoms with Crippen LogP contribution in [0.25, 0.3) is 5.69 Å². The molecule has 1 saturated heterocycles. The maximum absolute atomic E-state index is 13.2. The highest BCUT2D eigenvalue weighted by molar-refractivity contribution is 6.05. The van der Waals surface area contributed by atoms with Crippen molar-refractivity contribution < 1.29 is 14.0 Å². The molecule has 1 amide bonds. The molecule has 31 heavy (non-hydrogen) atoms. The van der Waals surface area contributed by atoms with Crippen molar-refractivity contribution in [2.75, 3.05) is 12.3 Å². The number of carbonyl (C=O) groups is 2. The van der Waals surface area contributed by atoms with Gasteiger partial charge in [-0.1, -0.05) is 6.07 Å². The van der Waals surface area contributed by atoms with Crippen LogP contribution in [0.5, 0.6) is 0 Å². The molecule has 1 aliphatic heterocycles. The van der Waals surface area contributed by atoms with Gasteiger partial charge in [-0.3, -0.25) is 14.6 Å². The van der Waals surface area contributed by atoms with Gasteiger partial charge in [-0.2, -0.15) is 5.10 Å². The number of likely N-dealkylation sites (tertiary alicyclic amines) is 1. The van der Waals surface area contributed by atoms with Gasteiger partial charge in [-0.25, -0.2) is 9.07 Å². The number of nitrogens with two attached hydrogens (primary N) is 1. The lowest BCUT2D eigenvalue weighted by atomic mass is 10.0. The number of amides is 1. The number of carbonyl (C=O) groups excluding carboxylic acids is 2. The lowest BCUT2D eigenvalue weighted by Gasteiger charge is -2.23. The Kier molecular flexibility index (Phi) is 6.06. The first-order valence-corrected chi connectivity index (χ1v) is 10.4. The van der Waals surface area contributed by atoms with Crippen LogP contribution in [-0.4, -0.2) is 43.9 Å². The molecule has 0 unspecified atom stereocenters. The minimum absolute atomic E-state index is 0.0312. The predicted octanol–water partition coefficient (Wildman–Crippen LogP) is 3.19. The number of halogens is 1. The third kappa shape index (κ3) is 4.47. The summed E-state index contributed by atoms with van der Waals surface area (Å²) < 4.78 is 14.6. The summed E-state index contributed by atoms with van der Waals surface area (Å²) in [6.45, 7) is 0.560. The molecule has 3 heterocycles. The number of aromatic nitrogens is 3. The van der Waals surface area contributed by atoms with E-state index >= 15 is 0 Å². The van der Waals surface area contributed by atoms with E-state index in [-0.39, 0.29) is 28.9 Å². The molecule has 1 atom stereocenters. The van der Waals surface area contributed by atoms with Gasteiger partial charge in [-0.05, 0) is 62.1 Å². The highest BCUT2D eigenvalue weighted by atomic mass is 19.1. The number of hydrogen-bond donors (Lipinski definition) is 1. The fourth-order valence-corrected chi connectivity index (χ4v) is 3.96. The summed E-state index contributed by atoms with van der Waals surface area (Å²) in [5.41, 5.74) is 7.97. The van der Waals surface area contributed by atoms with Gasteiger partial charge in [0.1, 0.15) is 11.6 Å². The number of ketones is 1. The summed E-state index contributed by atoms with van der Waals surface area (Å²) in [6.07, 6.45) is 6.30. The Morgan fingerprint density at radius 3 is 2.71 bits per heavy atom. The second kappa shape index (κ2) is 9.07. The summed E-state index contributed by atoms with van der Waals surface area (Å²) in [5.74, 6) is -0.419. The van der Waals surface area contributed by atoms with Crippen LogP contribution < -0.4 is 5.73 Å². The molecule has 0 radical (unpaired) electrons. The van der Waals surface area contributed by atoms with Crippen molar-refractivity contribution in [2.45, 2.75) is 38.1 Å². The van der Waals surface area contributed by atoms with Crippen molar-refractivity contribution in [3.05, 3.63) is 71.9 Å². The van der Waals surface area contributed by atoms with Gasteiger partial charge >= 0.3 is 0 Å². The summed E-state index contributed by atoms with van der Waals surface area (Å²) in [4.78, 5) is 31.9. The molecule has 0 spiro atoms. The maximum Gasteiger partial charge on any atom is 0.223 e. The summed E-state index contributed by atoms with van der Waals surface area (Å²) in [5, 5.41) is 4.20. The Balaban J connectivity index is 1.43. The van der Waals surface area contributed by atoms with Crippen molar-refractivity contribution in [3.8, 4) is 5.69 Å². The van der Waals surface area contributed by atoms with Gasteiger partial charge < -0.3 is 10.6 Å². The first-order valence-electron chi connectivity index (χ1n) is 10.4. The zero-order chi connectivity index (χ0) is 21.8. The van der Waals surface area contributed by atoms with E-state index in [1.165, 1.54) is 23.0 Å². The highest BCUT2D eigenvalue weighted by Gasteiger charge is 2.35. The Morgan fingerprint density at radius 2 is 1.97 bits per heavy atom. The maximum atomic E-state index is 13.2. The molecule has 0 aliphatic carbocycles. The first-order chi connectivity index (χ1) is 15.0. The quantitative estimate of drug-likeness (QED) is 0.592. The molecule has 2 N–H and O–H groups in total. The molecule has 4 rings (SSSR count). The van der Waals surface area contributed by atoms with Crippen LogP contribution in [0.4, 0.5) is 10.2 Å². The summed E-state index contributed by atoms with van der Waals surface area (Å²) >= 11 is 0. The topological polar surface area (TPSA) is 94.1 Å². The van der Waals surface area contributed by atoms with E-state index in [1.807, 2.05) is 18.2 Å². The van der Waals surface area contributed by atoms with E-state index in [0.717, 1.165) is 18.5 Å². The molecule has 1 aliphatic rings. The molecule has 8 heteroatoms. The zero-order valence-electron chi connectivity index (χ0n) is 17.1. The number of rotatable bonds is 7. The summed E-state index contributed by atoms with van der Waals surface area (Å²) in [7, 11) is 0. The normalized spacial score (nSPS) is 15.9. The fraction of sp³-hybridized carbons (Fsp3) is 0.304. The zero-order valence-corrected chi connectivity index (χ0v) is 17.1. The molecule has 0 saturated carbocycles. The third-order valence-electron chi connectivity index (χ3n) is 5.57. The van der Waals surface area contributed by atoms with E-state index < -0.39 is 6.04 Å². The van der Waals surface area contributed by atoms with Gasteiger partial charge in [0.2, 0.25) is 5.91 Å². The Labute approximate surface area is 179 Å². The number of Topliss-reactive ketones (excluding diaryl/α,β-unsaturated/α-hetero) is 1. The second-order valence-electron chi connectivity index (χ2n) is 7.62. The molecule has 160 valence electrons. The van der Waals surface area contributed by atoms with Crippen molar-refractivity contribution in [2.24, 2.45) is 0 Å². The molecular weight excluding hydrogens is 397 g/mol. The minimum Gasteiger partial charge on any atom is -0.383 e. The Bertz CT molecular complexity index is 1070. The van der Waals surface area contributed by atoms with Crippen LogP contribution in [0.3, 0.4) is 0 Å². The smallest absolute Gasteiger partial charge is 0.223 e. The lowest BCUT2D eigenvalue weighted by Crippen LogP contribution is -2.40. The van der Waals surface area contributed by atoms with E-state index in [2.05, 4.69) is 10.1 Å². The standard InChI is InChI=1S/C23H24FN5O2/c24-16-9-11-18(12-10-16)29-23(25)19(15-27-29)22(31)20-7-4-14-28(20)21(30)8-3-6-17-5-1-2-13-26-17/h1-2,5,9-13,15,20H,3-4,6-8,14,25H2/t20-/m1/s1. The Hall–Kier alpha value is -3.55. The molecule has 7 nitrogen and oxygen atoms in total. The second-order valence-corrected chi connectivity index (χ2v) is 7.62. The number of hydrogen-bond acceptors (Lipinski definition) is 5. The van der Waals surface area contributed by atoms with Crippen LogP contribution in [0, 0.1) is 5.82 Å². The van der Waals surface area contributed by atoms with Crippen molar-refractivity contribution in [3.63, 3.8) is 0 Å². The van der Waals surface area contributed by atoms with Crippen LogP contribution in [0.1, 0.15) is 41.7 Å². The van der Waals surface area contributed by atoms with E-state index in [1.54, 1.807) is 23.2 Å². The monoisotopic (exact) mass is 421 g/mol. The minimum atomic E-state index is -0.532. The van der Waals surface area contributed by atoms with E-state index in [4.69, 9.17) is 5.73 Å². The van der Waals surface area contributed by atoms with Gasteiger partial charge in [0.05, 0.1) is 23.5 Å². The van der Waals surface area contributed by atoms with Crippen LogP contribution >= 0.6 is 0 Å². The molecule has 0 bridgehead atoms. The fourth-order valence-electron chi connectivity index (χ4n) is 3.96. The number of anilines is 1. The third-order valence-corrected chi connectivity index (χ3v) is 5.57. The van der Waals surface area contributed by atoms with Crippen LogP contribution in [0.15, 0.2) is 54.9 Å². The van der Waals surface area contributed by atoms with Crippen molar-refractivity contribution in [1.82, 2.24) is 19.7 Å². The van der Waals surface area contributed by atoms with Gasteiger partial charge in [0.15, 0.2) is 5.78 Å². The lowest BCUT2D eigenvalue weighted by molar-refractivity contribution is -0.131.